The fourth-order valence-electron chi connectivity index (χ4n) is 2.37. The number of carbonyl (C=O) groups is 3. The standard InChI is InChI=1S/C20H24N4O3/c1-13-4-8-16(9-5-13)22-18(25)12-24(3)14(2)20(27)23-17-10-6-15(7-11-17)19(21)26/h4-11,14H,12H2,1-3H3,(H2,21,26)(H,22,25)(H,23,27)/t14-/m1/s1. The Hall–Kier alpha value is -3.19. The van der Waals surface area contributed by atoms with Crippen LogP contribution in [0.1, 0.15) is 22.8 Å². The smallest absolute Gasteiger partial charge is 0.248 e. The summed E-state index contributed by atoms with van der Waals surface area (Å²) in [5.41, 5.74) is 7.93. The Labute approximate surface area is 158 Å². The summed E-state index contributed by atoms with van der Waals surface area (Å²) in [5, 5.41) is 5.56. The SMILES string of the molecule is Cc1ccc(NC(=O)CN(C)[C@H](C)C(=O)Nc2ccc(C(N)=O)cc2)cc1. The highest BCUT2D eigenvalue weighted by atomic mass is 16.2. The first-order chi connectivity index (χ1) is 12.8. The summed E-state index contributed by atoms with van der Waals surface area (Å²) in [6, 6.07) is 13.3. The molecule has 0 aromatic heterocycles. The quantitative estimate of drug-likeness (QED) is 0.695. The number of carbonyl (C=O) groups excluding carboxylic acids is 3. The predicted molar refractivity (Wildman–Crippen MR) is 105 cm³/mol. The minimum absolute atomic E-state index is 0.0725. The largest absolute Gasteiger partial charge is 0.366 e. The molecule has 7 nitrogen and oxygen atoms in total. The van der Waals surface area contributed by atoms with Crippen LogP contribution in [0.4, 0.5) is 11.4 Å². The van der Waals surface area contributed by atoms with Crippen molar-refractivity contribution in [3.63, 3.8) is 0 Å². The van der Waals surface area contributed by atoms with Crippen LogP contribution in [0, 0.1) is 6.92 Å². The average Bonchev–Trinajstić information content (AvgIpc) is 2.63. The second-order valence-electron chi connectivity index (χ2n) is 6.44. The van der Waals surface area contributed by atoms with Crippen molar-refractivity contribution in [2.24, 2.45) is 5.73 Å². The molecule has 2 rings (SSSR count). The van der Waals surface area contributed by atoms with Gasteiger partial charge in [0, 0.05) is 16.9 Å². The van der Waals surface area contributed by atoms with Gasteiger partial charge in [-0.2, -0.15) is 0 Å². The lowest BCUT2D eigenvalue weighted by Crippen LogP contribution is -2.43. The summed E-state index contributed by atoms with van der Waals surface area (Å²) in [7, 11) is 1.70. The fourth-order valence-corrected chi connectivity index (χ4v) is 2.37. The zero-order chi connectivity index (χ0) is 20.0. The molecule has 0 bridgehead atoms. The molecule has 3 amide bonds. The van der Waals surface area contributed by atoms with Crippen LogP contribution in [-0.2, 0) is 9.59 Å². The summed E-state index contributed by atoms with van der Waals surface area (Å²) < 4.78 is 0. The Balaban J connectivity index is 1.88. The van der Waals surface area contributed by atoms with E-state index in [9.17, 15) is 14.4 Å². The number of anilines is 2. The predicted octanol–water partition coefficient (Wildman–Crippen LogP) is 1.99. The molecule has 0 saturated heterocycles. The van der Waals surface area contributed by atoms with Crippen molar-refractivity contribution in [3.8, 4) is 0 Å². The molecule has 4 N–H and O–H groups in total. The first kappa shape index (κ1) is 20.1. The van der Waals surface area contributed by atoms with E-state index in [1.54, 1.807) is 43.1 Å². The third kappa shape index (κ3) is 5.93. The third-order valence-electron chi connectivity index (χ3n) is 4.21. The Kier molecular flexibility index (Phi) is 6.67. The third-order valence-corrected chi connectivity index (χ3v) is 4.21. The lowest BCUT2D eigenvalue weighted by atomic mass is 10.2. The Morgan fingerprint density at radius 2 is 1.48 bits per heavy atom. The van der Waals surface area contributed by atoms with Crippen molar-refractivity contribution < 1.29 is 14.4 Å². The highest BCUT2D eigenvalue weighted by molar-refractivity contribution is 5.97. The van der Waals surface area contributed by atoms with Crippen molar-refractivity contribution in [1.82, 2.24) is 4.90 Å². The van der Waals surface area contributed by atoms with Crippen LogP contribution in [0.5, 0.6) is 0 Å². The lowest BCUT2D eigenvalue weighted by Gasteiger charge is -2.23. The number of likely N-dealkylation sites (N-methyl/N-ethyl adjacent to an activating group) is 1. The molecule has 142 valence electrons. The summed E-state index contributed by atoms with van der Waals surface area (Å²) in [6.07, 6.45) is 0. The molecule has 2 aromatic rings. The molecule has 0 aliphatic carbocycles. The highest BCUT2D eigenvalue weighted by Crippen LogP contribution is 2.11. The van der Waals surface area contributed by atoms with Gasteiger partial charge in [0.25, 0.3) is 0 Å². The van der Waals surface area contributed by atoms with Crippen LogP contribution in [0.15, 0.2) is 48.5 Å². The first-order valence-electron chi connectivity index (χ1n) is 8.54. The number of hydrogen-bond acceptors (Lipinski definition) is 4. The van der Waals surface area contributed by atoms with Gasteiger partial charge in [-0.15, -0.1) is 0 Å². The van der Waals surface area contributed by atoms with E-state index in [1.807, 2.05) is 31.2 Å². The van der Waals surface area contributed by atoms with E-state index < -0.39 is 11.9 Å². The van der Waals surface area contributed by atoms with Gasteiger partial charge in [-0.1, -0.05) is 17.7 Å². The molecule has 0 spiro atoms. The van der Waals surface area contributed by atoms with Gasteiger partial charge in [-0.3, -0.25) is 19.3 Å². The van der Waals surface area contributed by atoms with Crippen molar-refractivity contribution in [2.45, 2.75) is 19.9 Å². The molecule has 7 heteroatoms. The van der Waals surface area contributed by atoms with Gasteiger partial charge in [0.05, 0.1) is 12.6 Å². The van der Waals surface area contributed by atoms with Gasteiger partial charge in [0.1, 0.15) is 0 Å². The monoisotopic (exact) mass is 368 g/mol. The number of aryl methyl sites for hydroxylation is 1. The number of nitrogens with one attached hydrogen (secondary N) is 2. The normalized spacial score (nSPS) is 11.7. The van der Waals surface area contributed by atoms with Gasteiger partial charge in [-0.25, -0.2) is 0 Å². The van der Waals surface area contributed by atoms with Crippen LogP contribution in [0.2, 0.25) is 0 Å². The number of primary amides is 1. The molecule has 0 aliphatic heterocycles. The van der Waals surface area contributed by atoms with Gasteiger partial charge >= 0.3 is 0 Å². The maximum Gasteiger partial charge on any atom is 0.248 e. The lowest BCUT2D eigenvalue weighted by molar-refractivity contribution is -0.122. The average molecular weight is 368 g/mol. The second kappa shape index (κ2) is 8.95. The zero-order valence-electron chi connectivity index (χ0n) is 15.7. The molecule has 0 saturated carbocycles. The maximum absolute atomic E-state index is 12.4. The van der Waals surface area contributed by atoms with Crippen molar-refractivity contribution >= 4 is 29.1 Å². The summed E-state index contributed by atoms with van der Waals surface area (Å²) in [6.45, 7) is 3.76. The fraction of sp³-hybridized carbons (Fsp3) is 0.250. The van der Waals surface area contributed by atoms with Gasteiger partial charge < -0.3 is 16.4 Å². The number of rotatable bonds is 7. The van der Waals surface area contributed by atoms with Crippen molar-refractivity contribution in [1.29, 1.82) is 0 Å². The highest BCUT2D eigenvalue weighted by Gasteiger charge is 2.20. The van der Waals surface area contributed by atoms with E-state index in [0.29, 0.717) is 16.9 Å². The van der Waals surface area contributed by atoms with Gasteiger partial charge in [-0.05, 0) is 57.3 Å². The van der Waals surface area contributed by atoms with Gasteiger partial charge in [0.2, 0.25) is 17.7 Å². The van der Waals surface area contributed by atoms with Crippen LogP contribution in [0.3, 0.4) is 0 Å². The van der Waals surface area contributed by atoms with Crippen molar-refractivity contribution in [3.05, 3.63) is 59.7 Å². The van der Waals surface area contributed by atoms with Crippen LogP contribution in [-0.4, -0.2) is 42.3 Å². The number of amides is 3. The van der Waals surface area contributed by atoms with Crippen LogP contribution < -0.4 is 16.4 Å². The van der Waals surface area contributed by atoms with E-state index >= 15 is 0 Å². The molecular weight excluding hydrogens is 344 g/mol. The number of benzene rings is 2. The Bertz CT molecular complexity index is 816. The number of hydrogen-bond donors (Lipinski definition) is 3. The Morgan fingerprint density at radius 3 is 2.04 bits per heavy atom. The topological polar surface area (TPSA) is 105 Å². The van der Waals surface area contributed by atoms with Crippen molar-refractivity contribution in [2.75, 3.05) is 24.2 Å². The minimum Gasteiger partial charge on any atom is -0.366 e. The molecule has 1 atom stereocenters. The number of nitrogens with two attached hydrogens (primary N) is 1. The molecule has 0 radical (unpaired) electrons. The number of nitrogens with zero attached hydrogens (tertiary/aromatic N) is 1. The van der Waals surface area contributed by atoms with Crippen LogP contribution in [0.25, 0.3) is 0 Å². The molecule has 0 heterocycles. The van der Waals surface area contributed by atoms with E-state index in [-0.39, 0.29) is 18.4 Å². The van der Waals surface area contributed by atoms with Crippen LogP contribution >= 0.6 is 0 Å². The van der Waals surface area contributed by atoms with E-state index in [1.165, 1.54) is 0 Å². The first-order valence-corrected chi connectivity index (χ1v) is 8.54. The molecule has 0 fully saturated rings. The summed E-state index contributed by atoms with van der Waals surface area (Å²) in [4.78, 5) is 37.3. The molecule has 27 heavy (non-hydrogen) atoms. The Morgan fingerprint density at radius 1 is 0.963 bits per heavy atom. The minimum atomic E-state index is -0.527. The summed E-state index contributed by atoms with van der Waals surface area (Å²) in [5.74, 6) is -0.986. The molecule has 0 aliphatic rings. The molecule has 0 unspecified atom stereocenters. The second-order valence-corrected chi connectivity index (χ2v) is 6.44. The van der Waals surface area contributed by atoms with E-state index in [2.05, 4.69) is 10.6 Å². The van der Waals surface area contributed by atoms with Gasteiger partial charge in [0.15, 0.2) is 0 Å². The molecule has 2 aromatic carbocycles. The molecular formula is C20H24N4O3. The van der Waals surface area contributed by atoms with E-state index in [0.717, 1.165) is 5.56 Å². The summed E-state index contributed by atoms with van der Waals surface area (Å²) >= 11 is 0. The zero-order valence-corrected chi connectivity index (χ0v) is 15.7. The maximum atomic E-state index is 12.4. The van der Waals surface area contributed by atoms with E-state index in [4.69, 9.17) is 5.73 Å².